The minimum atomic E-state index is -0.544. The van der Waals surface area contributed by atoms with Gasteiger partial charge in [-0.25, -0.2) is 5.84 Å². The third kappa shape index (κ3) is 2.50. The monoisotopic (exact) mass is 209 g/mol. The molecule has 0 aliphatic rings. The molecule has 0 bridgehead atoms. The Balaban J connectivity index is 3.06. The average Bonchev–Trinajstić information content (AvgIpc) is 2.28. The molecule has 7 nitrogen and oxygen atoms in total. The fourth-order valence-corrected chi connectivity index (χ4v) is 1.09. The van der Waals surface area contributed by atoms with Crippen LogP contribution in [0.3, 0.4) is 0 Å². The summed E-state index contributed by atoms with van der Waals surface area (Å²) in [6.07, 6.45) is 0. The lowest BCUT2D eigenvalue weighted by atomic mass is 10.1. The SMILES string of the molecule is NNNC(=O)c1ccccc1C(=O)NN. The minimum absolute atomic E-state index is 0.174. The third-order valence-corrected chi connectivity index (χ3v) is 1.73. The van der Waals surface area contributed by atoms with E-state index in [2.05, 4.69) is 5.43 Å². The van der Waals surface area contributed by atoms with Crippen molar-refractivity contribution in [1.29, 1.82) is 0 Å². The van der Waals surface area contributed by atoms with Crippen molar-refractivity contribution in [3.63, 3.8) is 0 Å². The zero-order valence-electron chi connectivity index (χ0n) is 7.78. The van der Waals surface area contributed by atoms with Crippen LogP contribution in [0.2, 0.25) is 0 Å². The van der Waals surface area contributed by atoms with Gasteiger partial charge in [0.05, 0.1) is 11.1 Å². The normalized spacial score (nSPS) is 9.47. The predicted molar refractivity (Wildman–Crippen MR) is 52.9 cm³/mol. The van der Waals surface area contributed by atoms with Gasteiger partial charge in [-0.2, -0.15) is 5.53 Å². The van der Waals surface area contributed by atoms with E-state index in [1.54, 1.807) is 12.1 Å². The van der Waals surface area contributed by atoms with Gasteiger partial charge in [0, 0.05) is 0 Å². The van der Waals surface area contributed by atoms with Crippen molar-refractivity contribution in [2.45, 2.75) is 0 Å². The molecule has 0 radical (unpaired) electrons. The zero-order valence-corrected chi connectivity index (χ0v) is 7.78. The smallest absolute Gasteiger partial charge is 0.267 e. The van der Waals surface area contributed by atoms with Crippen LogP contribution in [0.4, 0.5) is 0 Å². The Bertz CT molecular complexity index is 379. The van der Waals surface area contributed by atoms with E-state index in [0.717, 1.165) is 0 Å². The van der Waals surface area contributed by atoms with E-state index < -0.39 is 11.8 Å². The van der Waals surface area contributed by atoms with E-state index in [9.17, 15) is 9.59 Å². The van der Waals surface area contributed by atoms with Crippen LogP contribution in [-0.2, 0) is 0 Å². The first-order valence-corrected chi connectivity index (χ1v) is 4.06. The highest BCUT2D eigenvalue weighted by atomic mass is 16.2. The molecule has 0 aromatic heterocycles. The summed E-state index contributed by atoms with van der Waals surface area (Å²) in [4.78, 5) is 22.7. The van der Waals surface area contributed by atoms with Crippen molar-refractivity contribution in [2.24, 2.45) is 11.7 Å². The first kappa shape index (κ1) is 11.1. The van der Waals surface area contributed by atoms with E-state index >= 15 is 0 Å². The first-order chi connectivity index (χ1) is 7.20. The number of benzene rings is 1. The molecule has 0 unspecified atom stereocenters. The van der Waals surface area contributed by atoms with Gasteiger partial charge >= 0.3 is 0 Å². The lowest BCUT2D eigenvalue weighted by Gasteiger charge is -2.07. The fourth-order valence-electron chi connectivity index (χ4n) is 1.09. The lowest BCUT2D eigenvalue weighted by molar-refractivity contribution is 0.0908. The second-order valence-corrected chi connectivity index (χ2v) is 2.62. The molecular formula is C8H11N5O2. The topological polar surface area (TPSA) is 122 Å². The quantitative estimate of drug-likeness (QED) is 0.233. The van der Waals surface area contributed by atoms with Crippen molar-refractivity contribution in [1.82, 2.24) is 16.4 Å². The van der Waals surface area contributed by atoms with Gasteiger partial charge < -0.3 is 0 Å². The number of rotatable bonds is 3. The molecule has 0 saturated carbocycles. The summed E-state index contributed by atoms with van der Waals surface area (Å²) in [5.41, 5.74) is 6.44. The standard InChI is InChI=1S/C8H11N5O2/c9-11-7(14)5-3-1-2-4-6(5)8(15)12-13-10/h1-4,13H,9-10H2,(H,11,14)(H,12,15). The number of nitrogen functional groups attached to an aromatic ring is 1. The molecule has 0 aliphatic heterocycles. The second kappa shape index (κ2) is 5.05. The molecule has 1 aromatic carbocycles. The highest BCUT2D eigenvalue weighted by molar-refractivity contribution is 6.06. The van der Waals surface area contributed by atoms with Crippen molar-refractivity contribution >= 4 is 11.8 Å². The summed E-state index contributed by atoms with van der Waals surface area (Å²) in [5, 5.41) is 0. The highest BCUT2D eigenvalue weighted by Gasteiger charge is 2.14. The molecule has 80 valence electrons. The van der Waals surface area contributed by atoms with E-state index in [4.69, 9.17) is 11.7 Å². The van der Waals surface area contributed by atoms with Crippen LogP contribution in [0, 0.1) is 0 Å². The number of hydrogen-bond acceptors (Lipinski definition) is 5. The van der Waals surface area contributed by atoms with Crippen molar-refractivity contribution < 1.29 is 9.59 Å². The maximum absolute atomic E-state index is 11.4. The van der Waals surface area contributed by atoms with Gasteiger partial charge in [0.15, 0.2) is 0 Å². The zero-order chi connectivity index (χ0) is 11.3. The van der Waals surface area contributed by atoms with Gasteiger partial charge in [-0.1, -0.05) is 12.1 Å². The molecule has 0 heterocycles. The maximum atomic E-state index is 11.4. The molecule has 7 heteroatoms. The molecule has 0 atom stereocenters. The molecule has 0 fully saturated rings. The van der Waals surface area contributed by atoms with Crippen LogP contribution < -0.4 is 28.1 Å². The third-order valence-electron chi connectivity index (χ3n) is 1.73. The molecule has 2 amide bonds. The van der Waals surface area contributed by atoms with Gasteiger partial charge in [-0.15, -0.1) is 0 Å². The summed E-state index contributed by atoms with van der Waals surface area (Å²) >= 11 is 0. The van der Waals surface area contributed by atoms with Gasteiger partial charge in [0.25, 0.3) is 11.8 Å². The van der Waals surface area contributed by atoms with Crippen LogP contribution in [0.1, 0.15) is 20.7 Å². The van der Waals surface area contributed by atoms with Crippen LogP contribution in [0.25, 0.3) is 0 Å². The summed E-state index contributed by atoms with van der Waals surface area (Å²) in [7, 11) is 0. The maximum Gasteiger partial charge on any atom is 0.267 e. The van der Waals surface area contributed by atoms with Crippen LogP contribution >= 0.6 is 0 Å². The van der Waals surface area contributed by atoms with Crippen LogP contribution in [0.15, 0.2) is 24.3 Å². The van der Waals surface area contributed by atoms with Crippen LogP contribution in [-0.4, -0.2) is 11.8 Å². The van der Waals surface area contributed by atoms with Crippen molar-refractivity contribution in [3.05, 3.63) is 35.4 Å². The molecule has 7 N–H and O–H groups in total. The van der Waals surface area contributed by atoms with E-state index in [1.807, 2.05) is 11.0 Å². The number of nitrogens with two attached hydrogens (primary N) is 2. The molecule has 0 spiro atoms. The van der Waals surface area contributed by atoms with Gasteiger partial charge in [0.1, 0.15) is 0 Å². The van der Waals surface area contributed by atoms with Gasteiger partial charge in [-0.05, 0) is 12.1 Å². The molecule has 15 heavy (non-hydrogen) atoms. The molecule has 0 saturated heterocycles. The van der Waals surface area contributed by atoms with Crippen molar-refractivity contribution in [2.75, 3.05) is 0 Å². The number of amides is 2. The first-order valence-electron chi connectivity index (χ1n) is 4.06. The summed E-state index contributed by atoms with van der Waals surface area (Å²) in [6.45, 7) is 0. The Kier molecular flexibility index (Phi) is 3.75. The van der Waals surface area contributed by atoms with E-state index in [-0.39, 0.29) is 11.1 Å². The van der Waals surface area contributed by atoms with E-state index in [0.29, 0.717) is 0 Å². The molecule has 1 aromatic rings. The Morgan fingerprint density at radius 3 is 2.00 bits per heavy atom. The minimum Gasteiger partial charge on any atom is -0.290 e. The molecule has 1 rings (SSSR count). The Morgan fingerprint density at radius 2 is 1.53 bits per heavy atom. The number of carbonyl (C=O) groups excluding carboxylic acids is 2. The number of hydrogen-bond donors (Lipinski definition) is 5. The predicted octanol–water partition coefficient (Wildman–Crippen LogP) is -1.60. The van der Waals surface area contributed by atoms with E-state index in [1.165, 1.54) is 12.1 Å². The largest absolute Gasteiger partial charge is 0.290 e. The molecule has 0 aliphatic carbocycles. The number of hydrazine groups is 3. The molecular weight excluding hydrogens is 198 g/mol. The summed E-state index contributed by atoms with van der Waals surface area (Å²) < 4.78 is 0. The Hall–Kier alpha value is -1.96. The van der Waals surface area contributed by atoms with Crippen LogP contribution in [0.5, 0.6) is 0 Å². The highest BCUT2D eigenvalue weighted by Crippen LogP contribution is 2.07. The van der Waals surface area contributed by atoms with Gasteiger partial charge in [0.2, 0.25) is 0 Å². The average molecular weight is 209 g/mol. The lowest BCUT2D eigenvalue weighted by Crippen LogP contribution is -2.43. The van der Waals surface area contributed by atoms with Crippen molar-refractivity contribution in [3.8, 4) is 0 Å². The Morgan fingerprint density at radius 1 is 1.00 bits per heavy atom. The van der Waals surface area contributed by atoms with Gasteiger partial charge in [-0.3, -0.25) is 26.3 Å². The Labute approximate surface area is 85.7 Å². The summed E-state index contributed by atoms with van der Waals surface area (Å²) in [6, 6.07) is 6.21. The number of nitrogens with one attached hydrogen (secondary N) is 3. The second-order valence-electron chi connectivity index (χ2n) is 2.62. The number of carbonyl (C=O) groups is 2. The fraction of sp³-hybridized carbons (Fsp3) is 0. The summed E-state index contributed by atoms with van der Waals surface area (Å²) in [5.74, 6) is 8.83.